The average molecular weight is 522 g/mol. The van der Waals surface area contributed by atoms with Crippen LogP contribution in [0.15, 0.2) is 30.6 Å². The molecule has 0 N–H and O–H groups in total. The summed E-state index contributed by atoms with van der Waals surface area (Å²) in [6.45, 7) is 0. The predicted molar refractivity (Wildman–Crippen MR) is 128 cm³/mol. The lowest BCUT2D eigenvalue weighted by Crippen LogP contribution is -2.47. The predicted octanol–water partition coefficient (Wildman–Crippen LogP) is 4.23. The van der Waals surface area contributed by atoms with Crippen molar-refractivity contribution < 1.29 is 22.4 Å². The molecular formula is C20H23F4N5OS3. The van der Waals surface area contributed by atoms with Crippen LogP contribution in [0.1, 0.15) is 59.8 Å². The second-order valence-electron chi connectivity index (χ2n) is 7.73. The molecule has 3 atom stereocenters. The molecule has 0 unspecified atom stereocenters. The Balaban J connectivity index is 0.00000128. The maximum absolute atomic E-state index is 13.7. The number of carbonyl (C=O) groups excluding carboxylic acids is 1. The molecule has 0 saturated carbocycles. The van der Waals surface area contributed by atoms with Crippen molar-refractivity contribution in [2.75, 3.05) is 0 Å². The van der Waals surface area contributed by atoms with Crippen molar-refractivity contribution in [3.63, 3.8) is 0 Å². The van der Waals surface area contributed by atoms with Crippen molar-refractivity contribution in [3.05, 3.63) is 59.2 Å². The summed E-state index contributed by atoms with van der Waals surface area (Å²) in [4.78, 5) is 22.6. The van der Waals surface area contributed by atoms with Crippen LogP contribution in [0.25, 0.3) is 5.78 Å². The first kappa shape index (κ1) is 27.3. The number of benzene rings is 1. The summed E-state index contributed by atoms with van der Waals surface area (Å²) >= 11 is 0. The van der Waals surface area contributed by atoms with Crippen molar-refractivity contribution >= 4 is 52.2 Å². The molecule has 33 heavy (non-hydrogen) atoms. The minimum absolute atomic E-state index is 0. The average Bonchev–Trinajstić information content (AvgIpc) is 3.29. The Kier molecular flexibility index (Phi) is 8.68. The molecule has 0 radical (unpaired) electrons. The normalized spacial score (nSPS) is 21.4. The van der Waals surface area contributed by atoms with Gasteiger partial charge in [-0.25, -0.2) is 27.1 Å². The molecule has 2 aliphatic heterocycles. The van der Waals surface area contributed by atoms with E-state index >= 15 is 0 Å². The number of amides is 1. The van der Waals surface area contributed by atoms with Crippen LogP contribution in [0.3, 0.4) is 0 Å². The molecule has 0 aliphatic carbocycles. The minimum atomic E-state index is -2.77. The molecule has 180 valence electrons. The van der Waals surface area contributed by atoms with Crippen molar-refractivity contribution in [1.29, 1.82) is 0 Å². The number of carbonyl (C=O) groups is 1. The Bertz CT molecular complexity index is 1130. The number of aromatic nitrogens is 4. The van der Waals surface area contributed by atoms with Gasteiger partial charge < -0.3 is 4.90 Å². The topological polar surface area (TPSA) is 63.4 Å². The maximum atomic E-state index is 13.7. The second kappa shape index (κ2) is 10.5. The number of fused-ring (bicyclic) bond motifs is 3. The van der Waals surface area contributed by atoms with Gasteiger partial charge in [0.15, 0.2) is 0 Å². The van der Waals surface area contributed by atoms with Gasteiger partial charge >= 0.3 is 0 Å². The SMILES string of the molecule is O=C(c1cc(F)cc(F)c1)N1[C@H]2CC[C@H](c3cc(C(F)F)nc4ncnn34)[C@@H]1CC2.S.S.S. The van der Waals surface area contributed by atoms with Crippen molar-refractivity contribution in [1.82, 2.24) is 24.5 Å². The van der Waals surface area contributed by atoms with Gasteiger partial charge in [-0.05, 0) is 43.9 Å². The fourth-order valence-electron chi connectivity index (χ4n) is 4.87. The zero-order valence-electron chi connectivity index (χ0n) is 17.2. The highest BCUT2D eigenvalue weighted by molar-refractivity contribution is 7.59. The second-order valence-corrected chi connectivity index (χ2v) is 7.73. The number of hydrogen-bond acceptors (Lipinski definition) is 4. The van der Waals surface area contributed by atoms with Crippen LogP contribution in [0.2, 0.25) is 0 Å². The fourth-order valence-corrected chi connectivity index (χ4v) is 4.87. The molecule has 2 bridgehead atoms. The molecule has 1 aromatic carbocycles. The smallest absolute Gasteiger partial charge is 0.280 e. The van der Waals surface area contributed by atoms with E-state index in [1.165, 1.54) is 16.9 Å². The number of alkyl halides is 2. The Morgan fingerprint density at radius 2 is 1.64 bits per heavy atom. The van der Waals surface area contributed by atoms with E-state index in [1.807, 2.05) is 0 Å². The summed E-state index contributed by atoms with van der Waals surface area (Å²) in [5.74, 6) is -2.29. The summed E-state index contributed by atoms with van der Waals surface area (Å²) in [6.07, 6.45) is 1.24. The van der Waals surface area contributed by atoms with Gasteiger partial charge in [-0.3, -0.25) is 4.79 Å². The Morgan fingerprint density at radius 1 is 0.970 bits per heavy atom. The van der Waals surface area contributed by atoms with Crippen LogP contribution in [0, 0.1) is 11.6 Å². The van der Waals surface area contributed by atoms with Crippen LogP contribution >= 0.6 is 40.5 Å². The third-order valence-electron chi connectivity index (χ3n) is 6.07. The van der Waals surface area contributed by atoms with Gasteiger partial charge in [0.1, 0.15) is 23.7 Å². The molecule has 0 spiro atoms. The minimum Gasteiger partial charge on any atom is -0.332 e. The third kappa shape index (κ3) is 4.80. The van der Waals surface area contributed by atoms with E-state index in [-0.39, 0.29) is 69.8 Å². The summed E-state index contributed by atoms with van der Waals surface area (Å²) in [6, 6.07) is 3.74. The number of piperidine rings is 1. The quantitative estimate of drug-likeness (QED) is 0.484. The van der Waals surface area contributed by atoms with Crippen molar-refractivity contribution in [2.24, 2.45) is 0 Å². The lowest BCUT2D eigenvalue weighted by Gasteiger charge is -2.40. The molecule has 4 heterocycles. The molecular weight excluding hydrogens is 498 g/mol. The number of nitrogens with zero attached hydrogens (tertiary/aromatic N) is 5. The van der Waals surface area contributed by atoms with Gasteiger partial charge in [-0.2, -0.15) is 50.6 Å². The molecule has 13 heteroatoms. The van der Waals surface area contributed by atoms with E-state index in [4.69, 9.17) is 0 Å². The summed E-state index contributed by atoms with van der Waals surface area (Å²) in [7, 11) is 0. The van der Waals surface area contributed by atoms with E-state index in [1.54, 1.807) is 4.90 Å². The Morgan fingerprint density at radius 3 is 2.30 bits per heavy atom. The first-order valence-corrected chi connectivity index (χ1v) is 9.70. The van der Waals surface area contributed by atoms with Crippen molar-refractivity contribution in [3.8, 4) is 0 Å². The van der Waals surface area contributed by atoms with Gasteiger partial charge in [0, 0.05) is 29.6 Å². The van der Waals surface area contributed by atoms with Crippen LogP contribution in [0.5, 0.6) is 0 Å². The summed E-state index contributed by atoms with van der Waals surface area (Å²) in [5.41, 5.74) is 0.0658. The lowest BCUT2D eigenvalue weighted by atomic mass is 9.86. The van der Waals surface area contributed by atoms with Gasteiger partial charge in [0.25, 0.3) is 18.1 Å². The molecule has 3 aromatic rings. The van der Waals surface area contributed by atoms with Crippen LogP contribution in [-0.4, -0.2) is 42.5 Å². The highest BCUT2D eigenvalue weighted by Gasteiger charge is 2.46. The monoisotopic (exact) mass is 521 g/mol. The van der Waals surface area contributed by atoms with Crippen LogP contribution < -0.4 is 0 Å². The highest BCUT2D eigenvalue weighted by Crippen LogP contribution is 2.45. The zero-order valence-corrected chi connectivity index (χ0v) is 20.2. The molecule has 2 saturated heterocycles. The maximum Gasteiger partial charge on any atom is 0.280 e. The first-order valence-electron chi connectivity index (χ1n) is 9.70. The van der Waals surface area contributed by atoms with Gasteiger partial charge in [0.05, 0.1) is 5.69 Å². The van der Waals surface area contributed by atoms with E-state index in [0.29, 0.717) is 31.0 Å². The fraction of sp³-hybridized carbons (Fsp3) is 0.400. The highest BCUT2D eigenvalue weighted by atomic mass is 32.1. The third-order valence-corrected chi connectivity index (χ3v) is 6.07. The standard InChI is InChI=1S/C20H17F4N5O.3H2S/c21-11-5-10(6-12(22)7-11)19(30)28-13-1-3-14(16(28)4-2-13)17-8-15(18(23)24)27-20-25-9-26-29(17)20;;;/h5-9,13-14,16,18H,1-4H2;3*1H2/t13-,14-,16-;;;/m0.../s1. The largest absolute Gasteiger partial charge is 0.332 e. The van der Waals surface area contributed by atoms with Crippen LogP contribution in [0.4, 0.5) is 17.6 Å². The Hall–Kier alpha value is -1.99. The van der Waals surface area contributed by atoms with E-state index in [2.05, 4.69) is 15.1 Å². The molecule has 6 nitrogen and oxygen atoms in total. The molecule has 1 amide bonds. The zero-order chi connectivity index (χ0) is 21.0. The van der Waals surface area contributed by atoms with Gasteiger partial charge in [-0.1, -0.05) is 0 Å². The molecule has 2 aromatic heterocycles. The lowest BCUT2D eigenvalue weighted by molar-refractivity contribution is 0.0552. The van der Waals surface area contributed by atoms with Gasteiger partial charge in [-0.15, -0.1) is 0 Å². The number of halogens is 4. The summed E-state index contributed by atoms with van der Waals surface area (Å²) in [5, 5.41) is 4.12. The van der Waals surface area contributed by atoms with Gasteiger partial charge in [0.2, 0.25) is 0 Å². The number of hydrogen-bond donors (Lipinski definition) is 0. The summed E-state index contributed by atoms with van der Waals surface area (Å²) < 4.78 is 55.5. The van der Waals surface area contributed by atoms with E-state index in [9.17, 15) is 22.4 Å². The van der Waals surface area contributed by atoms with E-state index in [0.717, 1.165) is 18.6 Å². The molecule has 2 aliphatic rings. The number of rotatable bonds is 3. The van der Waals surface area contributed by atoms with E-state index < -0.39 is 29.7 Å². The molecule has 2 fully saturated rings. The van der Waals surface area contributed by atoms with Crippen LogP contribution in [-0.2, 0) is 0 Å². The first-order chi connectivity index (χ1) is 14.4. The van der Waals surface area contributed by atoms with Crippen molar-refractivity contribution in [2.45, 2.75) is 50.1 Å². The molecule has 5 rings (SSSR count). The Labute approximate surface area is 208 Å².